The fraction of sp³-hybridized carbons (Fsp3) is 1.00. The van der Waals surface area contributed by atoms with E-state index >= 15 is 0 Å². The molecule has 31 heavy (non-hydrogen) atoms. The summed E-state index contributed by atoms with van der Waals surface area (Å²) in [5.41, 5.74) is -12.3. The van der Waals surface area contributed by atoms with Crippen LogP contribution in [0.4, 0.5) is 26.3 Å². The van der Waals surface area contributed by atoms with Gasteiger partial charge in [-0.25, -0.2) is 16.8 Å². The van der Waals surface area contributed by atoms with Crippen molar-refractivity contribution in [1.82, 2.24) is 13.5 Å². The first-order valence-electron chi connectivity index (χ1n) is 9.58. The molecule has 0 amide bonds. The summed E-state index contributed by atoms with van der Waals surface area (Å²) < 4.78 is 114. The van der Waals surface area contributed by atoms with Crippen molar-refractivity contribution in [2.45, 2.75) is 58.5 Å². The second-order valence-electron chi connectivity index (χ2n) is 6.43. The molecule has 0 aromatic heterocycles. The van der Waals surface area contributed by atoms with Crippen LogP contribution in [0.2, 0.25) is 0 Å². The van der Waals surface area contributed by atoms with Gasteiger partial charge in [-0.05, 0) is 34.1 Å². The summed E-state index contributed by atoms with van der Waals surface area (Å²) in [7, 11) is -14.2. The molecule has 0 spiro atoms. The molecule has 0 fully saturated rings. The quantitative estimate of drug-likeness (QED) is 0.319. The normalized spacial score (nSPS) is 14.0. The van der Waals surface area contributed by atoms with Crippen LogP contribution in [0.25, 0.3) is 0 Å². The van der Waals surface area contributed by atoms with Crippen LogP contribution in [0, 0.1) is 0 Å². The summed E-state index contributed by atoms with van der Waals surface area (Å²) in [6.45, 7) is 18.8. The van der Waals surface area contributed by atoms with Crippen LogP contribution in [0.15, 0.2) is 0 Å². The molecule has 0 saturated heterocycles. The highest BCUT2D eigenvalue weighted by Gasteiger charge is 2.55. The lowest BCUT2D eigenvalue weighted by Crippen LogP contribution is -2.45. The molecule has 0 aromatic rings. The van der Waals surface area contributed by atoms with Gasteiger partial charge in [0.05, 0.1) is 12.8 Å². The van der Waals surface area contributed by atoms with Gasteiger partial charge in [0.1, 0.15) is 7.56 Å². The third kappa shape index (κ3) is 9.66. The first-order chi connectivity index (χ1) is 13.8. The number of unbranched alkanes of at least 4 members (excludes halogenated alkanes) is 1. The maximum Gasteiger partial charge on any atom is 0.512 e. The molecule has 0 saturated carbocycles. The Morgan fingerprint density at radius 1 is 0.710 bits per heavy atom. The molecule has 0 radical (unpaired) electrons. The Labute approximate surface area is 182 Å². The van der Waals surface area contributed by atoms with Crippen LogP contribution in [0.3, 0.4) is 0 Å². The largest absolute Gasteiger partial charge is 0.512 e. The Morgan fingerprint density at radius 3 is 1.19 bits per heavy atom. The number of sulfonamides is 2. The third-order valence-corrected chi connectivity index (χ3v) is 12.1. The van der Waals surface area contributed by atoms with E-state index in [1.807, 2.05) is 0 Å². The molecule has 0 aliphatic carbocycles. The minimum absolute atomic E-state index is 0.493. The van der Waals surface area contributed by atoms with E-state index in [1.54, 1.807) is 0 Å². The molecule has 1 N–H and O–H groups in total. The average Bonchev–Trinajstić information content (AvgIpc) is 2.59. The Morgan fingerprint density at radius 2 is 1.00 bits per heavy atom. The van der Waals surface area contributed by atoms with Gasteiger partial charge in [0, 0.05) is 26.2 Å². The molecule has 190 valence electrons. The number of alkyl halides is 6. The van der Waals surface area contributed by atoms with Crippen molar-refractivity contribution in [1.29, 1.82) is 0 Å². The minimum atomic E-state index is -6.60. The van der Waals surface area contributed by atoms with Crippen molar-refractivity contribution in [2.24, 2.45) is 0 Å². The summed E-state index contributed by atoms with van der Waals surface area (Å²) in [5.74, 6) is 0. The van der Waals surface area contributed by atoms with Crippen LogP contribution in [-0.4, -0.2) is 76.2 Å². The molecular formula is C15H33F6N3O4PS2+. The molecule has 0 atom stereocenters. The van der Waals surface area contributed by atoms with Gasteiger partial charge in [0.2, 0.25) is 0 Å². The van der Waals surface area contributed by atoms with Gasteiger partial charge in [0.25, 0.3) is 0 Å². The van der Waals surface area contributed by atoms with E-state index in [1.165, 1.54) is 45.2 Å². The number of nitrogens with one attached hydrogen (secondary N) is 1. The molecular weight excluding hydrogens is 495 g/mol. The molecule has 0 bridgehead atoms. The van der Waals surface area contributed by atoms with Gasteiger partial charge in [-0.1, -0.05) is 17.5 Å². The number of rotatable bonds is 11. The third-order valence-electron chi connectivity index (χ3n) is 4.44. The predicted molar refractivity (Wildman–Crippen MR) is 112 cm³/mol. The van der Waals surface area contributed by atoms with Crippen LogP contribution < -0.4 is 4.13 Å². The van der Waals surface area contributed by atoms with Crippen molar-refractivity contribution >= 4 is 27.6 Å². The van der Waals surface area contributed by atoms with E-state index in [9.17, 15) is 43.2 Å². The second kappa shape index (κ2) is 12.9. The zero-order chi connectivity index (χ0) is 25.3. The molecule has 16 heteroatoms. The standard InChI is InChI=1S/C13H32N2P.C2HF6NO4S2/c1-7-12-13-16(6,14(8-2)9-3)15(10-4)11-5;3-1(4,5)14(10,11)9-15(12,13)2(6,7)8/h7-13H2,1-6H3;9H/q+1;. The lowest BCUT2D eigenvalue weighted by atomic mass is 10.4. The summed E-state index contributed by atoms with van der Waals surface area (Å²) in [6, 6.07) is 0. The van der Waals surface area contributed by atoms with Gasteiger partial charge in [-0.3, -0.25) is 0 Å². The summed E-state index contributed by atoms with van der Waals surface area (Å²) in [4.78, 5) is 0. The van der Waals surface area contributed by atoms with E-state index in [-0.39, 0.29) is 0 Å². The Hall–Kier alpha value is -0.210. The second-order valence-corrected chi connectivity index (χ2v) is 13.8. The van der Waals surface area contributed by atoms with Crippen LogP contribution in [0.1, 0.15) is 47.5 Å². The van der Waals surface area contributed by atoms with Crippen molar-refractivity contribution in [3.8, 4) is 0 Å². The smallest absolute Gasteiger partial charge is 0.202 e. The van der Waals surface area contributed by atoms with Gasteiger partial charge in [-0.15, -0.1) is 0 Å². The summed E-state index contributed by atoms with van der Waals surface area (Å²) in [6.07, 6.45) is 4.09. The topological polar surface area (TPSA) is 86.8 Å². The van der Waals surface area contributed by atoms with E-state index in [0.717, 1.165) is 0 Å². The maximum atomic E-state index is 11.5. The van der Waals surface area contributed by atoms with Gasteiger partial charge >= 0.3 is 31.1 Å². The van der Waals surface area contributed by atoms with Crippen molar-refractivity contribution in [2.75, 3.05) is 39.0 Å². The van der Waals surface area contributed by atoms with Crippen molar-refractivity contribution in [3.05, 3.63) is 0 Å². The van der Waals surface area contributed by atoms with E-state index in [0.29, 0.717) is 0 Å². The van der Waals surface area contributed by atoms with Crippen LogP contribution >= 0.6 is 7.56 Å². The van der Waals surface area contributed by atoms with E-state index in [2.05, 4.69) is 50.6 Å². The first kappa shape index (κ1) is 33.0. The Balaban J connectivity index is 0. The Bertz CT molecular complexity index is 668. The zero-order valence-electron chi connectivity index (χ0n) is 18.5. The highest BCUT2D eigenvalue weighted by atomic mass is 32.3. The SMILES string of the molecule is CCCC[P+](C)(N(CC)CC)N(CC)CC.O=S(=O)(NS(=O)(=O)C(F)(F)F)C(F)(F)F. The van der Waals surface area contributed by atoms with Crippen LogP contribution in [0.5, 0.6) is 0 Å². The van der Waals surface area contributed by atoms with Crippen LogP contribution in [-0.2, 0) is 20.0 Å². The molecule has 0 rings (SSSR count). The number of halogens is 6. The van der Waals surface area contributed by atoms with Crippen molar-refractivity contribution < 1.29 is 43.2 Å². The molecule has 0 heterocycles. The zero-order valence-corrected chi connectivity index (χ0v) is 21.0. The van der Waals surface area contributed by atoms with Gasteiger partial charge in [-0.2, -0.15) is 35.7 Å². The van der Waals surface area contributed by atoms with E-state index in [4.69, 9.17) is 0 Å². The number of hydrogen-bond acceptors (Lipinski definition) is 6. The summed E-state index contributed by atoms with van der Waals surface area (Å²) >= 11 is 0. The molecule has 0 aromatic carbocycles. The van der Waals surface area contributed by atoms with Gasteiger partial charge < -0.3 is 0 Å². The fourth-order valence-electron chi connectivity index (χ4n) is 2.82. The number of nitrogens with zero attached hydrogens (tertiary/aromatic N) is 2. The number of hydrogen-bond donors (Lipinski definition) is 1. The molecule has 0 unspecified atom stereocenters. The maximum absolute atomic E-state index is 11.5. The molecule has 7 nitrogen and oxygen atoms in total. The predicted octanol–water partition coefficient (Wildman–Crippen LogP) is 4.22. The molecule has 0 aliphatic heterocycles. The average molecular weight is 529 g/mol. The fourth-order valence-corrected chi connectivity index (χ4v) is 9.01. The lowest BCUT2D eigenvalue weighted by molar-refractivity contribution is -0.0476. The first-order valence-corrected chi connectivity index (χ1v) is 14.9. The van der Waals surface area contributed by atoms with Gasteiger partial charge in [0.15, 0.2) is 0 Å². The lowest BCUT2D eigenvalue weighted by Gasteiger charge is -2.39. The minimum Gasteiger partial charge on any atom is -0.202 e. The highest BCUT2D eigenvalue weighted by Crippen LogP contribution is 2.61. The monoisotopic (exact) mass is 528 g/mol. The summed E-state index contributed by atoms with van der Waals surface area (Å²) in [5, 5.41) is 0. The van der Waals surface area contributed by atoms with E-state index < -0.39 is 42.8 Å². The highest BCUT2D eigenvalue weighted by molar-refractivity contribution is 8.05. The Kier molecular flexibility index (Phi) is 13.7. The van der Waals surface area contributed by atoms with Crippen molar-refractivity contribution in [3.63, 3.8) is 0 Å². The molecule has 0 aliphatic rings.